The lowest BCUT2D eigenvalue weighted by Crippen LogP contribution is -2.47. The van der Waals surface area contributed by atoms with Gasteiger partial charge in [-0.15, -0.1) is 0 Å². The first-order valence-corrected chi connectivity index (χ1v) is 9.32. The summed E-state index contributed by atoms with van der Waals surface area (Å²) in [7, 11) is 0. The van der Waals surface area contributed by atoms with E-state index in [9.17, 15) is 14.7 Å². The maximum atomic E-state index is 12.9. The number of phenolic OH excluding ortho intramolecular Hbond substituents is 1. The first-order valence-electron chi connectivity index (χ1n) is 9.32. The number of nitrogens with one attached hydrogen (secondary N) is 1. The summed E-state index contributed by atoms with van der Waals surface area (Å²) in [6.07, 6.45) is 5.87. The molecule has 4 rings (SSSR count). The molecule has 0 radical (unpaired) electrons. The highest BCUT2D eigenvalue weighted by atomic mass is 16.3. The van der Waals surface area contributed by atoms with Crippen LogP contribution in [0.4, 0.5) is 4.79 Å². The molecule has 6 heteroatoms. The molecule has 3 amide bonds. The van der Waals surface area contributed by atoms with E-state index in [0.717, 1.165) is 45.1 Å². The second-order valence-corrected chi connectivity index (χ2v) is 7.29. The van der Waals surface area contributed by atoms with E-state index in [-0.39, 0.29) is 23.7 Å². The molecule has 2 saturated heterocycles. The van der Waals surface area contributed by atoms with Crippen LogP contribution in [0.5, 0.6) is 5.75 Å². The van der Waals surface area contributed by atoms with Crippen LogP contribution >= 0.6 is 0 Å². The van der Waals surface area contributed by atoms with Crippen molar-refractivity contribution in [2.24, 2.45) is 0 Å². The zero-order chi connectivity index (χ0) is 17.4. The van der Waals surface area contributed by atoms with Crippen LogP contribution in [-0.4, -0.2) is 59.1 Å². The van der Waals surface area contributed by atoms with Gasteiger partial charge in [-0.3, -0.25) is 4.79 Å². The molecule has 25 heavy (non-hydrogen) atoms. The molecule has 1 aromatic rings. The third-order valence-electron chi connectivity index (χ3n) is 5.77. The number of likely N-dealkylation sites (tertiary alicyclic amines) is 1. The predicted molar refractivity (Wildman–Crippen MR) is 93.8 cm³/mol. The van der Waals surface area contributed by atoms with Crippen LogP contribution in [0.15, 0.2) is 12.1 Å². The summed E-state index contributed by atoms with van der Waals surface area (Å²) in [6.45, 7) is 2.72. The van der Waals surface area contributed by atoms with E-state index in [0.29, 0.717) is 25.2 Å². The molecule has 2 aliphatic heterocycles. The third-order valence-corrected chi connectivity index (χ3v) is 5.77. The third kappa shape index (κ3) is 3.05. The van der Waals surface area contributed by atoms with E-state index >= 15 is 0 Å². The van der Waals surface area contributed by atoms with Crippen LogP contribution in [0.1, 0.15) is 47.2 Å². The van der Waals surface area contributed by atoms with Crippen molar-refractivity contribution in [1.82, 2.24) is 15.1 Å². The summed E-state index contributed by atoms with van der Waals surface area (Å²) < 4.78 is 0. The fraction of sp³-hybridized carbons (Fsp3) is 0.579. The predicted octanol–water partition coefficient (Wildman–Crippen LogP) is 1.90. The van der Waals surface area contributed by atoms with Gasteiger partial charge in [-0.25, -0.2) is 4.79 Å². The van der Waals surface area contributed by atoms with Crippen molar-refractivity contribution < 1.29 is 14.7 Å². The molecule has 3 aliphatic rings. The minimum absolute atomic E-state index is 0.0112. The second kappa shape index (κ2) is 6.58. The zero-order valence-electron chi connectivity index (χ0n) is 14.5. The molecule has 1 aliphatic carbocycles. The average Bonchev–Trinajstić information content (AvgIpc) is 3.06. The maximum Gasteiger partial charge on any atom is 0.317 e. The van der Waals surface area contributed by atoms with Crippen LogP contribution in [-0.2, 0) is 12.8 Å². The summed E-state index contributed by atoms with van der Waals surface area (Å²) in [5.41, 5.74) is 2.81. The van der Waals surface area contributed by atoms with E-state index in [4.69, 9.17) is 0 Å². The Morgan fingerprint density at radius 1 is 1.08 bits per heavy atom. The Hall–Kier alpha value is -2.24. The molecule has 0 atom stereocenters. The molecule has 0 saturated carbocycles. The summed E-state index contributed by atoms with van der Waals surface area (Å²) >= 11 is 0. The number of hydrogen-bond acceptors (Lipinski definition) is 3. The Morgan fingerprint density at radius 3 is 2.40 bits per heavy atom. The highest BCUT2D eigenvalue weighted by Gasteiger charge is 2.32. The van der Waals surface area contributed by atoms with Crippen LogP contribution in [0.2, 0.25) is 0 Å². The number of amides is 3. The number of aromatic hydroxyl groups is 1. The molecule has 2 fully saturated rings. The number of hydrogen-bond donors (Lipinski definition) is 2. The first kappa shape index (κ1) is 16.2. The molecule has 0 spiro atoms. The molecule has 2 heterocycles. The Labute approximate surface area is 147 Å². The fourth-order valence-corrected chi connectivity index (χ4v) is 4.33. The van der Waals surface area contributed by atoms with Crippen molar-refractivity contribution in [1.29, 1.82) is 0 Å². The lowest BCUT2D eigenvalue weighted by atomic mass is 9.89. The lowest BCUT2D eigenvalue weighted by Gasteiger charge is -2.36. The summed E-state index contributed by atoms with van der Waals surface area (Å²) in [6, 6.07) is 3.90. The molecular formula is C19H25N3O3. The van der Waals surface area contributed by atoms with Crippen LogP contribution in [0.25, 0.3) is 0 Å². The Bertz CT molecular complexity index is 695. The summed E-state index contributed by atoms with van der Waals surface area (Å²) in [5.74, 6) is 0.0156. The lowest BCUT2D eigenvalue weighted by molar-refractivity contribution is 0.0663. The number of piperidine rings is 1. The molecular weight excluding hydrogens is 318 g/mol. The summed E-state index contributed by atoms with van der Waals surface area (Å²) in [4.78, 5) is 28.4. The molecule has 0 unspecified atom stereocenters. The Morgan fingerprint density at radius 2 is 1.76 bits per heavy atom. The Kier molecular flexibility index (Phi) is 4.27. The smallest absolute Gasteiger partial charge is 0.317 e. The van der Waals surface area contributed by atoms with Gasteiger partial charge in [0.05, 0.1) is 5.56 Å². The number of rotatable bonds is 2. The van der Waals surface area contributed by atoms with Gasteiger partial charge in [-0.2, -0.15) is 0 Å². The molecule has 6 nitrogen and oxygen atoms in total. The topological polar surface area (TPSA) is 72.9 Å². The van der Waals surface area contributed by atoms with E-state index < -0.39 is 0 Å². The van der Waals surface area contributed by atoms with E-state index in [2.05, 4.69) is 5.32 Å². The standard InChI is InChI=1S/C19H25N3O3/c23-17-12-14-4-2-1-3-13(14)11-16(17)18(24)21-8-5-15(6-9-21)22-10-7-20-19(22)25/h11-12,15,23H,1-10H2,(H,20,25). The molecule has 0 bridgehead atoms. The second-order valence-electron chi connectivity index (χ2n) is 7.29. The molecule has 1 aromatic carbocycles. The van der Waals surface area contributed by atoms with Crippen LogP contribution in [0, 0.1) is 0 Å². The number of urea groups is 1. The van der Waals surface area contributed by atoms with Gasteiger partial charge < -0.3 is 20.2 Å². The van der Waals surface area contributed by atoms with Gasteiger partial charge in [0.25, 0.3) is 5.91 Å². The number of carbonyl (C=O) groups excluding carboxylic acids is 2. The van der Waals surface area contributed by atoms with Gasteiger partial charge in [-0.05, 0) is 61.8 Å². The highest BCUT2D eigenvalue weighted by Crippen LogP contribution is 2.30. The van der Waals surface area contributed by atoms with E-state index in [1.807, 2.05) is 15.9 Å². The Balaban J connectivity index is 1.45. The van der Waals surface area contributed by atoms with E-state index in [1.54, 1.807) is 6.07 Å². The largest absolute Gasteiger partial charge is 0.507 e. The number of carbonyl (C=O) groups is 2. The van der Waals surface area contributed by atoms with Gasteiger partial charge >= 0.3 is 6.03 Å². The minimum atomic E-state index is -0.0878. The van der Waals surface area contributed by atoms with Crippen molar-refractivity contribution >= 4 is 11.9 Å². The van der Waals surface area contributed by atoms with Crippen LogP contribution < -0.4 is 5.32 Å². The first-order chi connectivity index (χ1) is 12.1. The highest BCUT2D eigenvalue weighted by molar-refractivity contribution is 5.97. The minimum Gasteiger partial charge on any atom is -0.507 e. The zero-order valence-corrected chi connectivity index (χ0v) is 14.5. The number of benzene rings is 1. The molecule has 2 N–H and O–H groups in total. The van der Waals surface area contributed by atoms with Gasteiger partial charge in [0.1, 0.15) is 5.75 Å². The van der Waals surface area contributed by atoms with Gasteiger partial charge in [-0.1, -0.05) is 0 Å². The van der Waals surface area contributed by atoms with Crippen molar-refractivity contribution in [2.45, 2.75) is 44.6 Å². The van der Waals surface area contributed by atoms with Crippen LogP contribution in [0.3, 0.4) is 0 Å². The monoisotopic (exact) mass is 343 g/mol. The van der Waals surface area contributed by atoms with Crippen molar-refractivity contribution in [3.05, 3.63) is 28.8 Å². The molecule has 134 valence electrons. The molecule has 0 aromatic heterocycles. The van der Waals surface area contributed by atoms with E-state index in [1.165, 1.54) is 11.1 Å². The number of nitrogens with zero attached hydrogens (tertiary/aromatic N) is 2. The summed E-state index contributed by atoms with van der Waals surface area (Å²) in [5, 5.41) is 13.2. The number of aryl methyl sites for hydroxylation is 2. The number of phenols is 1. The number of fused-ring (bicyclic) bond motifs is 1. The quantitative estimate of drug-likeness (QED) is 0.861. The van der Waals surface area contributed by atoms with Gasteiger partial charge in [0.2, 0.25) is 0 Å². The normalized spacial score (nSPS) is 21.2. The van der Waals surface area contributed by atoms with Crippen molar-refractivity contribution in [3.63, 3.8) is 0 Å². The maximum absolute atomic E-state index is 12.9. The van der Waals surface area contributed by atoms with Crippen molar-refractivity contribution in [3.8, 4) is 5.75 Å². The van der Waals surface area contributed by atoms with Gasteiger partial charge in [0.15, 0.2) is 0 Å². The fourth-order valence-electron chi connectivity index (χ4n) is 4.33. The average molecular weight is 343 g/mol. The van der Waals surface area contributed by atoms with Crippen molar-refractivity contribution in [2.75, 3.05) is 26.2 Å². The van der Waals surface area contributed by atoms with Gasteiger partial charge in [0, 0.05) is 32.2 Å². The SMILES string of the molecule is O=C(c1cc2c(cc1O)CCCC2)N1CCC(N2CCNC2=O)CC1.